The van der Waals surface area contributed by atoms with Crippen molar-refractivity contribution in [2.75, 3.05) is 11.9 Å². The van der Waals surface area contributed by atoms with Gasteiger partial charge in [-0.05, 0) is 31.0 Å². The molecule has 0 aromatic heterocycles. The molecule has 0 saturated carbocycles. The topological polar surface area (TPSA) is 38.3 Å². The van der Waals surface area contributed by atoms with E-state index in [1.807, 2.05) is 13.0 Å². The Balaban J connectivity index is 2.60. The monoisotopic (exact) mass is 247 g/mol. The molecule has 3 nitrogen and oxygen atoms in total. The average molecular weight is 247 g/mol. The van der Waals surface area contributed by atoms with Crippen LogP contribution in [-0.4, -0.2) is 18.9 Å². The number of nitrogens with one attached hydrogen (secondary N) is 1. The van der Waals surface area contributed by atoms with Crippen LogP contribution in [0.1, 0.15) is 11.1 Å². The Morgan fingerprint density at radius 1 is 1.35 bits per heavy atom. The molecule has 0 radical (unpaired) electrons. The maximum Gasteiger partial charge on any atom is 0.422 e. The quantitative estimate of drug-likeness (QED) is 0.869. The van der Waals surface area contributed by atoms with Gasteiger partial charge in [0.25, 0.3) is 0 Å². The van der Waals surface area contributed by atoms with Gasteiger partial charge in [-0.3, -0.25) is 5.32 Å². The number of anilines is 1. The first-order valence-corrected chi connectivity index (χ1v) is 4.86. The molecule has 1 aromatic carbocycles. The summed E-state index contributed by atoms with van der Waals surface area (Å²) in [5.41, 5.74) is 2.16. The van der Waals surface area contributed by atoms with Crippen molar-refractivity contribution in [3.05, 3.63) is 29.3 Å². The third-order valence-corrected chi connectivity index (χ3v) is 2.21. The summed E-state index contributed by atoms with van der Waals surface area (Å²) in [6, 6.07) is 5.13. The molecule has 0 heterocycles. The van der Waals surface area contributed by atoms with Gasteiger partial charge in [0.05, 0.1) is 0 Å². The van der Waals surface area contributed by atoms with Crippen molar-refractivity contribution < 1.29 is 22.7 Å². The Morgan fingerprint density at radius 3 is 2.59 bits per heavy atom. The SMILES string of the molecule is Cc1cccc(NC(=O)OCC(F)(F)F)c1C. The number of hydrogen-bond acceptors (Lipinski definition) is 2. The molecule has 0 bridgehead atoms. The maximum atomic E-state index is 11.8. The smallest absolute Gasteiger partial charge is 0.422 e. The maximum absolute atomic E-state index is 11.8. The second-order valence-electron chi connectivity index (χ2n) is 3.56. The van der Waals surface area contributed by atoms with Crippen LogP contribution < -0.4 is 5.32 Å². The van der Waals surface area contributed by atoms with Crippen LogP contribution in [-0.2, 0) is 4.74 Å². The first-order valence-electron chi connectivity index (χ1n) is 4.86. The second kappa shape index (κ2) is 5.07. The molecule has 6 heteroatoms. The summed E-state index contributed by atoms with van der Waals surface area (Å²) in [5.74, 6) is 0. The summed E-state index contributed by atoms with van der Waals surface area (Å²) >= 11 is 0. The lowest BCUT2D eigenvalue weighted by atomic mass is 10.1. The lowest BCUT2D eigenvalue weighted by Crippen LogP contribution is -2.23. The van der Waals surface area contributed by atoms with E-state index in [0.717, 1.165) is 11.1 Å². The van der Waals surface area contributed by atoms with Gasteiger partial charge in [0.2, 0.25) is 0 Å². The highest BCUT2D eigenvalue weighted by Gasteiger charge is 2.29. The van der Waals surface area contributed by atoms with E-state index in [4.69, 9.17) is 0 Å². The summed E-state index contributed by atoms with van der Waals surface area (Å²) in [6.07, 6.45) is -5.63. The van der Waals surface area contributed by atoms with Gasteiger partial charge in [0, 0.05) is 5.69 Å². The van der Waals surface area contributed by atoms with Crippen molar-refractivity contribution in [1.82, 2.24) is 0 Å². The molecule has 0 fully saturated rings. The predicted molar refractivity (Wildman–Crippen MR) is 56.9 cm³/mol. The van der Waals surface area contributed by atoms with Crippen molar-refractivity contribution >= 4 is 11.8 Å². The number of halogens is 3. The van der Waals surface area contributed by atoms with Crippen LogP contribution in [0.25, 0.3) is 0 Å². The largest absolute Gasteiger partial charge is 0.440 e. The number of amides is 1. The molecule has 0 unspecified atom stereocenters. The third-order valence-electron chi connectivity index (χ3n) is 2.21. The fourth-order valence-electron chi connectivity index (χ4n) is 1.18. The molecule has 0 saturated heterocycles. The zero-order valence-electron chi connectivity index (χ0n) is 9.39. The van der Waals surface area contributed by atoms with E-state index >= 15 is 0 Å². The van der Waals surface area contributed by atoms with Crippen molar-refractivity contribution in [1.29, 1.82) is 0 Å². The van der Waals surface area contributed by atoms with Crippen molar-refractivity contribution in [3.63, 3.8) is 0 Å². The molecular weight excluding hydrogens is 235 g/mol. The van der Waals surface area contributed by atoms with Crippen LogP contribution in [0.2, 0.25) is 0 Å². The molecule has 0 spiro atoms. The van der Waals surface area contributed by atoms with Gasteiger partial charge < -0.3 is 4.74 Å². The number of aryl methyl sites for hydroxylation is 1. The Hall–Kier alpha value is -1.72. The van der Waals surface area contributed by atoms with Gasteiger partial charge in [-0.15, -0.1) is 0 Å². The molecule has 0 atom stereocenters. The lowest BCUT2D eigenvalue weighted by molar-refractivity contribution is -0.159. The molecule has 0 aliphatic carbocycles. The Labute approximate surface area is 96.6 Å². The van der Waals surface area contributed by atoms with E-state index in [-0.39, 0.29) is 0 Å². The van der Waals surface area contributed by atoms with Gasteiger partial charge in [-0.1, -0.05) is 12.1 Å². The summed E-state index contributed by atoms with van der Waals surface area (Å²) in [4.78, 5) is 11.1. The number of rotatable bonds is 2. The number of alkyl halides is 3. The Kier molecular flexibility index (Phi) is 3.98. The van der Waals surface area contributed by atoms with E-state index in [2.05, 4.69) is 10.1 Å². The summed E-state index contributed by atoms with van der Waals surface area (Å²) in [5, 5.41) is 2.26. The van der Waals surface area contributed by atoms with Crippen LogP contribution in [0.5, 0.6) is 0 Å². The highest BCUT2D eigenvalue weighted by molar-refractivity contribution is 5.85. The predicted octanol–water partition coefficient (Wildman–Crippen LogP) is 3.41. The van der Waals surface area contributed by atoms with Gasteiger partial charge in [-0.2, -0.15) is 13.2 Å². The van der Waals surface area contributed by atoms with Gasteiger partial charge >= 0.3 is 12.3 Å². The summed E-state index contributed by atoms with van der Waals surface area (Å²) in [6.45, 7) is 2.00. The minimum Gasteiger partial charge on any atom is -0.440 e. The normalized spacial score (nSPS) is 11.1. The zero-order valence-corrected chi connectivity index (χ0v) is 9.39. The van der Waals surface area contributed by atoms with Crippen LogP contribution in [0.4, 0.5) is 23.7 Å². The van der Waals surface area contributed by atoms with E-state index in [1.54, 1.807) is 19.1 Å². The Bertz CT molecular complexity index is 416. The number of carbonyl (C=O) groups is 1. The molecule has 1 amide bonds. The van der Waals surface area contributed by atoms with Crippen molar-refractivity contribution in [2.45, 2.75) is 20.0 Å². The fraction of sp³-hybridized carbons (Fsp3) is 0.364. The zero-order chi connectivity index (χ0) is 13.1. The molecule has 0 aliphatic rings. The van der Waals surface area contributed by atoms with E-state index in [1.165, 1.54) is 0 Å². The lowest BCUT2D eigenvalue weighted by Gasteiger charge is -2.11. The van der Waals surface area contributed by atoms with E-state index in [9.17, 15) is 18.0 Å². The summed E-state index contributed by atoms with van der Waals surface area (Å²) < 4.78 is 39.4. The second-order valence-corrected chi connectivity index (χ2v) is 3.56. The van der Waals surface area contributed by atoms with Gasteiger partial charge in [-0.25, -0.2) is 4.79 Å². The molecule has 17 heavy (non-hydrogen) atoms. The first kappa shape index (κ1) is 13.3. The highest BCUT2D eigenvalue weighted by Crippen LogP contribution is 2.19. The molecule has 0 aliphatic heterocycles. The van der Waals surface area contributed by atoms with Crippen LogP contribution in [0, 0.1) is 13.8 Å². The number of hydrogen-bond donors (Lipinski definition) is 1. The fourth-order valence-corrected chi connectivity index (χ4v) is 1.18. The van der Waals surface area contributed by atoms with E-state index < -0.39 is 18.9 Å². The van der Waals surface area contributed by atoms with Crippen LogP contribution in [0.15, 0.2) is 18.2 Å². The first-order chi connectivity index (χ1) is 7.79. The minimum atomic E-state index is -4.51. The molecular formula is C11H12F3NO2. The highest BCUT2D eigenvalue weighted by atomic mass is 19.4. The van der Waals surface area contributed by atoms with Crippen LogP contribution >= 0.6 is 0 Å². The minimum absolute atomic E-state index is 0.442. The molecule has 94 valence electrons. The third kappa shape index (κ3) is 4.34. The average Bonchev–Trinajstić information content (AvgIpc) is 2.21. The number of benzene rings is 1. The standard InChI is InChI=1S/C11H12F3NO2/c1-7-4-3-5-9(8(7)2)15-10(16)17-6-11(12,13)14/h3-5H,6H2,1-2H3,(H,15,16). The van der Waals surface area contributed by atoms with Crippen molar-refractivity contribution in [3.8, 4) is 0 Å². The molecule has 1 rings (SSSR count). The number of carbonyl (C=O) groups excluding carboxylic acids is 1. The van der Waals surface area contributed by atoms with E-state index in [0.29, 0.717) is 5.69 Å². The number of ether oxygens (including phenoxy) is 1. The van der Waals surface area contributed by atoms with Gasteiger partial charge in [0.1, 0.15) is 0 Å². The molecule has 1 aromatic rings. The summed E-state index contributed by atoms with van der Waals surface area (Å²) in [7, 11) is 0. The van der Waals surface area contributed by atoms with Crippen molar-refractivity contribution in [2.24, 2.45) is 0 Å². The van der Waals surface area contributed by atoms with Crippen LogP contribution in [0.3, 0.4) is 0 Å². The van der Waals surface area contributed by atoms with Gasteiger partial charge in [0.15, 0.2) is 6.61 Å². The molecule has 1 N–H and O–H groups in total. The Morgan fingerprint density at radius 2 is 2.00 bits per heavy atom.